The van der Waals surface area contributed by atoms with E-state index in [9.17, 15) is 13.6 Å². The molecule has 3 nitrogen and oxygen atoms in total. The maximum atomic E-state index is 12.2. The van der Waals surface area contributed by atoms with Gasteiger partial charge in [-0.3, -0.25) is 0 Å². The number of halogens is 2. The minimum Gasteiger partial charge on any atom is -0.465 e. The van der Waals surface area contributed by atoms with Gasteiger partial charge in [-0.2, -0.15) is 8.78 Å². The van der Waals surface area contributed by atoms with Crippen LogP contribution in [0.4, 0.5) is 20.2 Å². The Labute approximate surface area is 125 Å². The quantitative estimate of drug-likeness (QED) is 0.650. The Morgan fingerprint density at radius 2 is 1.81 bits per heavy atom. The number of alkyl halides is 2. The first kappa shape index (κ1) is 15.3. The average Bonchev–Trinajstić information content (AvgIpc) is 2.48. The number of benzene rings is 2. The van der Waals surface area contributed by atoms with Crippen LogP contribution < -0.4 is 5.32 Å². The minimum atomic E-state index is -2.44. The van der Waals surface area contributed by atoms with Crippen molar-refractivity contribution in [3.63, 3.8) is 0 Å². The molecule has 2 aromatic rings. The number of rotatable bonds is 5. The predicted octanol–water partition coefficient (Wildman–Crippen LogP) is 4.53. The van der Waals surface area contributed by atoms with Crippen LogP contribution in [0, 0.1) is 0 Å². The van der Waals surface area contributed by atoms with Crippen LogP contribution in [0.5, 0.6) is 0 Å². The van der Waals surface area contributed by atoms with Crippen molar-refractivity contribution in [3.05, 3.63) is 54.1 Å². The van der Waals surface area contributed by atoms with Gasteiger partial charge in [0.2, 0.25) is 0 Å². The number of carbonyl (C=O) groups excluding carboxylic acids is 1. The molecule has 0 aliphatic heterocycles. The zero-order valence-electron chi connectivity index (χ0n) is 11.2. The molecular weight excluding hydrogens is 296 g/mol. The lowest BCUT2D eigenvalue weighted by molar-refractivity contribution is 0.0602. The summed E-state index contributed by atoms with van der Waals surface area (Å²) < 4.78 is 29.2. The lowest BCUT2D eigenvalue weighted by atomic mass is 10.1. The molecule has 2 aromatic carbocycles. The molecule has 21 heavy (non-hydrogen) atoms. The van der Waals surface area contributed by atoms with Crippen LogP contribution in [0.25, 0.3) is 0 Å². The van der Waals surface area contributed by atoms with Crippen LogP contribution in [0.3, 0.4) is 0 Å². The number of hydrogen-bond donors (Lipinski definition) is 1. The SMILES string of the molecule is COC(=O)c1ccccc1Nc1ccc(SC(F)F)cc1. The van der Waals surface area contributed by atoms with Crippen LogP contribution in [0.1, 0.15) is 10.4 Å². The standard InChI is InChI=1S/C15H13F2NO2S/c1-20-14(19)12-4-2-3-5-13(12)18-10-6-8-11(9-7-10)21-15(16)17/h2-9,15,18H,1H3. The van der Waals surface area contributed by atoms with Gasteiger partial charge in [-0.05, 0) is 36.4 Å². The lowest BCUT2D eigenvalue weighted by Gasteiger charge is -2.11. The van der Waals surface area contributed by atoms with Crippen LogP contribution in [0.2, 0.25) is 0 Å². The lowest BCUT2D eigenvalue weighted by Crippen LogP contribution is -2.05. The van der Waals surface area contributed by atoms with E-state index in [0.717, 1.165) is 0 Å². The largest absolute Gasteiger partial charge is 0.465 e. The van der Waals surface area contributed by atoms with Crippen LogP contribution in [-0.4, -0.2) is 18.8 Å². The molecule has 110 valence electrons. The van der Waals surface area contributed by atoms with Crippen molar-refractivity contribution in [1.29, 1.82) is 0 Å². The van der Waals surface area contributed by atoms with Gasteiger partial charge >= 0.3 is 5.97 Å². The number of esters is 1. The summed E-state index contributed by atoms with van der Waals surface area (Å²) >= 11 is 0.490. The number of nitrogens with one attached hydrogen (secondary N) is 1. The number of hydrogen-bond acceptors (Lipinski definition) is 4. The molecule has 0 fully saturated rings. The number of carbonyl (C=O) groups is 1. The zero-order chi connectivity index (χ0) is 15.2. The normalized spacial score (nSPS) is 10.5. The van der Waals surface area contributed by atoms with E-state index >= 15 is 0 Å². The highest BCUT2D eigenvalue weighted by Crippen LogP contribution is 2.28. The minimum absolute atomic E-state index is 0.408. The third-order valence-corrected chi connectivity index (χ3v) is 3.41. The summed E-state index contributed by atoms with van der Waals surface area (Å²) in [4.78, 5) is 12.1. The maximum absolute atomic E-state index is 12.2. The van der Waals surface area contributed by atoms with Gasteiger partial charge in [0, 0.05) is 10.6 Å². The number of methoxy groups -OCH3 is 1. The highest BCUT2D eigenvalue weighted by atomic mass is 32.2. The summed E-state index contributed by atoms with van der Waals surface area (Å²) in [5.74, 6) is -2.88. The molecule has 0 saturated heterocycles. The Kier molecular flexibility index (Phi) is 5.16. The van der Waals surface area contributed by atoms with Crippen LogP contribution in [0.15, 0.2) is 53.4 Å². The van der Waals surface area contributed by atoms with E-state index in [1.165, 1.54) is 7.11 Å². The third-order valence-electron chi connectivity index (χ3n) is 2.69. The molecule has 0 radical (unpaired) electrons. The van der Waals surface area contributed by atoms with Gasteiger partial charge in [-0.15, -0.1) is 0 Å². The van der Waals surface area contributed by atoms with Gasteiger partial charge in [0.15, 0.2) is 0 Å². The smallest absolute Gasteiger partial charge is 0.339 e. The van der Waals surface area contributed by atoms with Crippen molar-refractivity contribution in [2.45, 2.75) is 10.7 Å². The van der Waals surface area contributed by atoms with Gasteiger partial charge in [-0.1, -0.05) is 23.9 Å². The fourth-order valence-electron chi connectivity index (χ4n) is 1.76. The van der Waals surface area contributed by atoms with E-state index in [1.807, 2.05) is 0 Å². The summed E-state index contributed by atoms with van der Waals surface area (Å²) in [6.45, 7) is 0. The topological polar surface area (TPSA) is 38.3 Å². The first-order chi connectivity index (χ1) is 10.1. The van der Waals surface area contributed by atoms with Crippen molar-refractivity contribution in [2.75, 3.05) is 12.4 Å². The predicted molar refractivity (Wildman–Crippen MR) is 79.4 cm³/mol. The van der Waals surface area contributed by atoms with E-state index in [0.29, 0.717) is 33.6 Å². The molecule has 0 aliphatic rings. The second-order valence-corrected chi connectivity index (χ2v) is 5.13. The number of para-hydroxylation sites is 1. The molecule has 0 unspecified atom stereocenters. The summed E-state index contributed by atoms with van der Waals surface area (Å²) in [5.41, 5.74) is 1.70. The Morgan fingerprint density at radius 1 is 1.14 bits per heavy atom. The molecule has 1 N–H and O–H groups in total. The molecular formula is C15H13F2NO2S. The molecule has 0 spiro atoms. The second-order valence-electron chi connectivity index (χ2n) is 4.07. The number of ether oxygens (including phenoxy) is 1. The monoisotopic (exact) mass is 309 g/mol. The van der Waals surface area contributed by atoms with Crippen LogP contribution >= 0.6 is 11.8 Å². The van der Waals surface area contributed by atoms with Crippen molar-refractivity contribution in [1.82, 2.24) is 0 Å². The average molecular weight is 309 g/mol. The summed E-state index contributed by atoms with van der Waals surface area (Å²) in [5, 5.41) is 3.07. The second kappa shape index (κ2) is 7.08. The molecule has 0 heterocycles. The van der Waals surface area contributed by atoms with Crippen LogP contribution in [-0.2, 0) is 4.74 Å². The van der Waals surface area contributed by atoms with Crippen molar-refractivity contribution >= 4 is 29.1 Å². The summed E-state index contributed by atoms with van der Waals surface area (Å²) in [6.07, 6.45) is 0. The molecule has 0 saturated carbocycles. The Morgan fingerprint density at radius 3 is 2.43 bits per heavy atom. The van der Waals surface area contributed by atoms with Crippen molar-refractivity contribution in [3.8, 4) is 0 Å². The Hall–Kier alpha value is -2.08. The molecule has 2 rings (SSSR count). The van der Waals surface area contributed by atoms with E-state index in [2.05, 4.69) is 5.32 Å². The Bertz CT molecular complexity index is 617. The van der Waals surface area contributed by atoms with Crippen molar-refractivity contribution < 1.29 is 18.3 Å². The van der Waals surface area contributed by atoms with Gasteiger partial charge in [0.1, 0.15) is 0 Å². The first-order valence-corrected chi connectivity index (χ1v) is 6.97. The van der Waals surface area contributed by atoms with Gasteiger partial charge in [0.05, 0.1) is 18.4 Å². The van der Waals surface area contributed by atoms with E-state index in [1.54, 1.807) is 48.5 Å². The molecule has 0 amide bonds. The maximum Gasteiger partial charge on any atom is 0.339 e. The van der Waals surface area contributed by atoms with Crippen molar-refractivity contribution in [2.24, 2.45) is 0 Å². The van der Waals surface area contributed by atoms with E-state index < -0.39 is 11.7 Å². The number of anilines is 2. The van der Waals surface area contributed by atoms with Gasteiger partial charge < -0.3 is 10.1 Å². The summed E-state index contributed by atoms with van der Waals surface area (Å²) in [7, 11) is 1.31. The molecule has 0 aromatic heterocycles. The molecule has 6 heteroatoms. The molecule has 0 atom stereocenters. The highest BCUT2D eigenvalue weighted by Gasteiger charge is 2.11. The summed E-state index contributed by atoms with van der Waals surface area (Å²) in [6, 6.07) is 13.5. The number of thioether (sulfide) groups is 1. The fourth-order valence-corrected chi connectivity index (χ4v) is 2.25. The van der Waals surface area contributed by atoms with E-state index in [-0.39, 0.29) is 0 Å². The fraction of sp³-hybridized carbons (Fsp3) is 0.133. The third kappa shape index (κ3) is 4.19. The van der Waals surface area contributed by atoms with E-state index in [4.69, 9.17) is 4.74 Å². The zero-order valence-corrected chi connectivity index (χ0v) is 12.0. The molecule has 0 bridgehead atoms. The Balaban J connectivity index is 2.17. The van der Waals surface area contributed by atoms with Gasteiger partial charge in [0.25, 0.3) is 5.76 Å². The highest BCUT2D eigenvalue weighted by molar-refractivity contribution is 7.99. The first-order valence-electron chi connectivity index (χ1n) is 6.09. The van der Waals surface area contributed by atoms with Gasteiger partial charge in [-0.25, -0.2) is 4.79 Å². The molecule has 0 aliphatic carbocycles.